The Balaban J connectivity index is 1.48. The molecule has 2 N–H and O–H groups in total. The summed E-state index contributed by atoms with van der Waals surface area (Å²) in [7, 11) is 1.55. The standard InChI is InChI=1S/C17H17ClN2O4/c1-22-14-5-3-12(7-13(14)18)19-9-17(21)20-8-11-2-4-15-16(6-11)24-10-23-15/h2-7,19H,8-10H2,1H3,(H,20,21). The van der Waals surface area contributed by atoms with E-state index >= 15 is 0 Å². The third-order valence-electron chi connectivity index (χ3n) is 3.53. The Kier molecular flexibility index (Phi) is 4.96. The van der Waals surface area contributed by atoms with E-state index in [-0.39, 0.29) is 19.2 Å². The van der Waals surface area contributed by atoms with Gasteiger partial charge in [-0.15, -0.1) is 0 Å². The lowest BCUT2D eigenvalue weighted by molar-refractivity contribution is -0.119. The van der Waals surface area contributed by atoms with Crippen molar-refractivity contribution in [2.24, 2.45) is 0 Å². The zero-order valence-electron chi connectivity index (χ0n) is 13.1. The lowest BCUT2D eigenvalue weighted by Crippen LogP contribution is -2.29. The highest BCUT2D eigenvalue weighted by molar-refractivity contribution is 6.32. The van der Waals surface area contributed by atoms with Crippen LogP contribution >= 0.6 is 11.6 Å². The zero-order valence-corrected chi connectivity index (χ0v) is 13.9. The van der Waals surface area contributed by atoms with Gasteiger partial charge in [0.05, 0.1) is 18.7 Å². The van der Waals surface area contributed by atoms with Gasteiger partial charge in [-0.1, -0.05) is 17.7 Å². The highest BCUT2D eigenvalue weighted by atomic mass is 35.5. The van der Waals surface area contributed by atoms with E-state index in [0.29, 0.717) is 23.1 Å². The van der Waals surface area contributed by atoms with Crippen molar-refractivity contribution >= 4 is 23.2 Å². The molecule has 1 heterocycles. The number of halogens is 1. The molecule has 126 valence electrons. The summed E-state index contributed by atoms with van der Waals surface area (Å²) < 4.78 is 15.7. The lowest BCUT2D eigenvalue weighted by Gasteiger charge is -2.10. The summed E-state index contributed by atoms with van der Waals surface area (Å²) in [6.07, 6.45) is 0. The fraction of sp³-hybridized carbons (Fsp3) is 0.235. The van der Waals surface area contributed by atoms with Crippen LogP contribution < -0.4 is 24.8 Å². The number of benzene rings is 2. The number of nitrogens with one attached hydrogen (secondary N) is 2. The van der Waals surface area contributed by atoms with E-state index in [9.17, 15) is 4.79 Å². The number of ether oxygens (including phenoxy) is 3. The average Bonchev–Trinajstić information content (AvgIpc) is 3.06. The van der Waals surface area contributed by atoms with Gasteiger partial charge in [0.25, 0.3) is 0 Å². The predicted octanol–water partition coefficient (Wildman–Crippen LogP) is 2.81. The Bertz CT molecular complexity index is 751. The molecule has 1 aliphatic rings. The Morgan fingerprint density at radius 1 is 1.21 bits per heavy atom. The van der Waals surface area contributed by atoms with E-state index in [0.717, 1.165) is 17.0 Å². The van der Waals surface area contributed by atoms with Crippen molar-refractivity contribution in [3.63, 3.8) is 0 Å². The van der Waals surface area contributed by atoms with E-state index < -0.39 is 0 Å². The maximum atomic E-state index is 11.9. The van der Waals surface area contributed by atoms with Gasteiger partial charge in [0.2, 0.25) is 12.7 Å². The third-order valence-corrected chi connectivity index (χ3v) is 3.83. The number of amides is 1. The number of carbonyl (C=O) groups is 1. The van der Waals surface area contributed by atoms with Gasteiger partial charge in [-0.3, -0.25) is 4.79 Å². The highest BCUT2D eigenvalue weighted by Gasteiger charge is 2.13. The number of rotatable bonds is 6. The second-order valence-corrected chi connectivity index (χ2v) is 5.57. The first-order chi connectivity index (χ1) is 11.7. The second kappa shape index (κ2) is 7.31. The number of anilines is 1. The van der Waals surface area contributed by atoms with Crippen molar-refractivity contribution in [1.29, 1.82) is 0 Å². The molecule has 0 aromatic heterocycles. The molecule has 2 aromatic rings. The van der Waals surface area contributed by atoms with Gasteiger partial charge in [0.15, 0.2) is 11.5 Å². The van der Waals surface area contributed by atoms with Crippen LogP contribution in [0.15, 0.2) is 36.4 Å². The first kappa shape index (κ1) is 16.3. The normalized spacial score (nSPS) is 11.9. The Hall–Kier alpha value is -2.60. The van der Waals surface area contributed by atoms with Crippen molar-refractivity contribution in [3.8, 4) is 17.2 Å². The van der Waals surface area contributed by atoms with Crippen molar-refractivity contribution in [1.82, 2.24) is 5.32 Å². The van der Waals surface area contributed by atoms with Gasteiger partial charge < -0.3 is 24.8 Å². The van der Waals surface area contributed by atoms with Crippen LogP contribution in [0.5, 0.6) is 17.2 Å². The second-order valence-electron chi connectivity index (χ2n) is 5.17. The van der Waals surface area contributed by atoms with Crippen LogP contribution in [-0.2, 0) is 11.3 Å². The van der Waals surface area contributed by atoms with E-state index in [1.54, 1.807) is 25.3 Å². The molecule has 0 unspecified atom stereocenters. The minimum absolute atomic E-state index is 0.125. The summed E-state index contributed by atoms with van der Waals surface area (Å²) in [5.74, 6) is 1.89. The molecule has 6 nitrogen and oxygen atoms in total. The van der Waals surface area contributed by atoms with Crippen LogP contribution in [0.3, 0.4) is 0 Å². The molecule has 0 radical (unpaired) electrons. The Labute approximate surface area is 144 Å². The molecule has 1 amide bonds. The quantitative estimate of drug-likeness (QED) is 0.840. The first-order valence-electron chi connectivity index (χ1n) is 7.38. The fourth-order valence-corrected chi connectivity index (χ4v) is 2.53. The van der Waals surface area contributed by atoms with Crippen LogP contribution in [0.2, 0.25) is 5.02 Å². The molecule has 24 heavy (non-hydrogen) atoms. The summed E-state index contributed by atoms with van der Waals surface area (Å²) in [4.78, 5) is 11.9. The average molecular weight is 349 g/mol. The molecule has 2 aromatic carbocycles. The minimum Gasteiger partial charge on any atom is -0.495 e. The predicted molar refractivity (Wildman–Crippen MR) is 90.9 cm³/mol. The molecule has 7 heteroatoms. The van der Waals surface area contributed by atoms with Crippen molar-refractivity contribution in [2.75, 3.05) is 25.8 Å². The third kappa shape index (κ3) is 3.83. The molecule has 1 aliphatic heterocycles. The monoisotopic (exact) mass is 348 g/mol. The van der Waals surface area contributed by atoms with Gasteiger partial charge in [-0.05, 0) is 35.9 Å². The summed E-state index contributed by atoms with van der Waals surface area (Å²) >= 11 is 6.04. The van der Waals surface area contributed by atoms with Crippen LogP contribution in [0.4, 0.5) is 5.69 Å². The van der Waals surface area contributed by atoms with E-state index in [4.69, 9.17) is 25.8 Å². The molecule has 0 spiro atoms. The van der Waals surface area contributed by atoms with E-state index in [1.807, 2.05) is 18.2 Å². The van der Waals surface area contributed by atoms with Crippen molar-refractivity contribution in [3.05, 3.63) is 47.0 Å². The largest absolute Gasteiger partial charge is 0.495 e. The first-order valence-corrected chi connectivity index (χ1v) is 7.76. The van der Waals surface area contributed by atoms with Gasteiger partial charge in [0.1, 0.15) is 5.75 Å². The topological polar surface area (TPSA) is 68.8 Å². The molecule has 0 fully saturated rings. The van der Waals surface area contributed by atoms with Crippen LogP contribution in [0.1, 0.15) is 5.56 Å². The van der Waals surface area contributed by atoms with E-state index in [1.165, 1.54) is 0 Å². The molecule has 3 rings (SSSR count). The fourth-order valence-electron chi connectivity index (χ4n) is 2.27. The number of carbonyl (C=O) groups excluding carboxylic acids is 1. The van der Waals surface area contributed by atoms with Gasteiger partial charge in [-0.2, -0.15) is 0 Å². The molecule has 0 atom stereocenters. The summed E-state index contributed by atoms with van der Waals surface area (Å²) in [5, 5.41) is 6.35. The maximum absolute atomic E-state index is 11.9. The Morgan fingerprint density at radius 2 is 2.04 bits per heavy atom. The minimum atomic E-state index is -0.125. The van der Waals surface area contributed by atoms with Gasteiger partial charge in [0, 0.05) is 12.2 Å². The van der Waals surface area contributed by atoms with Gasteiger partial charge in [-0.25, -0.2) is 0 Å². The lowest BCUT2D eigenvalue weighted by atomic mass is 10.2. The molecule has 0 saturated heterocycles. The summed E-state index contributed by atoms with van der Waals surface area (Å²) in [5.41, 5.74) is 1.69. The van der Waals surface area contributed by atoms with Crippen LogP contribution in [-0.4, -0.2) is 26.4 Å². The smallest absolute Gasteiger partial charge is 0.239 e. The molecule has 0 bridgehead atoms. The number of hydrogen-bond acceptors (Lipinski definition) is 5. The zero-order chi connectivity index (χ0) is 16.9. The Morgan fingerprint density at radius 3 is 2.83 bits per heavy atom. The van der Waals surface area contributed by atoms with Gasteiger partial charge >= 0.3 is 0 Å². The molecular weight excluding hydrogens is 332 g/mol. The van der Waals surface area contributed by atoms with Crippen LogP contribution in [0, 0.1) is 0 Å². The van der Waals surface area contributed by atoms with Crippen LogP contribution in [0.25, 0.3) is 0 Å². The number of fused-ring (bicyclic) bond motifs is 1. The van der Waals surface area contributed by atoms with E-state index in [2.05, 4.69) is 10.6 Å². The SMILES string of the molecule is COc1ccc(NCC(=O)NCc2ccc3c(c2)OCO3)cc1Cl. The summed E-state index contributed by atoms with van der Waals surface area (Å²) in [6, 6.07) is 10.8. The molecular formula is C17H17ClN2O4. The van der Waals surface area contributed by atoms with Crippen molar-refractivity contribution in [2.45, 2.75) is 6.54 Å². The number of methoxy groups -OCH3 is 1. The summed E-state index contributed by atoms with van der Waals surface area (Å²) in [6.45, 7) is 0.799. The molecule has 0 aliphatic carbocycles. The molecule has 0 saturated carbocycles. The van der Waals surface area contributed by atoms with Crippen molar-refractivity contribution < 1.29 is 19.0 Å². The highest BCUT2D eigenvalue weighted by Crippen LogP contribution is 2.32. The number of hydrogen-bond donors (Lipinski definition) is 2. The maximum Gasteiger partial charge on any atom is 0.239 e.